The molecule has 1 fully saturated rings. The summed E-state index contributed by atoms with van der Waals surface area (Å²) in [7, 11) is 0. The highest BCUT2D eigenvalue weighted by Gasteiger charge is 2.25. The van der Waals surface area contributed by atoms with Crippen LogP contribution in [-0.4, -0.2) is 39.8 Å². The van der Waals surface area contributed by atoms with Crippen LogP contribution in [0.3, 0.4) is 0 Å². The predicted molar refractivity (Wildman–Crippen MR) is 71.8 cm³/mol. The lowest BCUT2D eigenvalue weighted by molar-refractivity contribution is -0.0148. The van der Waals surface area contributed by atoms with Crippen molar-refractivity contribution in [3.05, 3.63) is 47.0 Å². The second kappa shape index (κ2) is 5.69. The first-order chi connectivity index (χ1) is 9.33. The summed E-state index contributed by atoms with van der Waals surface area (Å²) >= 11 is 5.85. The van der Waals surface area contributed by atoms with Gasteiger partial charge >= 0.3 is 0 Å². The summed E-state index contributed by atoms with van der Waals surface area (Å²) in [5.41, 5.74) is 2.09. The molecule has 0 amide bonds. The molecule has 1 saturated heterocycles. The lowest BCUT2D eigenvalue weighted by Crippen LogP contribution is -2.39. The Morgan fingerprint density at radius 1 is 1.42 bits per heavy atom. The Morgan fingerprint density at radius 3 is 3.11 bits per heavy atom. The number of aromatic nitrogens is 3. The molecule has 0 radical (unpaired) electrons. The van der Waals surface area contributed by atoms with Crippen LogP contribution < -0.4 is 0 Å². The third-order valence-electron chi connectivity index (χ3n) is 3.27. The van der Waals surface area contributed by atoms with E-state index in [1.165, 1.54) is 0 Å². The van der Waals surface area contributed by atoms with E-state index in [2.05, 4.69) is 20.1 Å². The van der Waals surface area contributed by atoms with Gasteiger partial charge in [-0.1, -0.05) is 11.6 Å². The molecule has 2 aromatic rings. The molecule has 1 N–H and O–H groups in total. The van der Waals surface area contributed by atoms with Crippen LogP contribution in [-0.2, 0) is 11.3 Å². The molecule has 3 rings (SSSR count). The SMILES string of the molecule is Clc1ccc(CN2CCOC[C@H]2c2ccn[nH]2)nc1. The van der Waals surface area contributed by atoms with Gasteiger partial charge in [-0.05, 0) is 18.2 Å². The first-order valence-electron chi connectivity index (χ1n) is 6.24. The zero-order chi connectivity index (χ0) is 13.1. The number of hydrogen-bond donors (Lipinski definition) is 1. The zero-order valence-electron chi connectivity index (χ0n) is 10.4. The molecular weight excluding hydrogens is 264 g/mol. The van der Waals surface area contributed by atoms with E-state index in [9.17, 15) is 0 Å². The number of ether oxygens (including phenoxy) is 1. The second-order valence-corrected chi connectivity index (χ2v) is 4.98. The van der Waals surface area contributed by atoms with Crippen LogP contribution in [0, 0.1) is 0 Å². The molecule has 19 heavy (non-hydrogen) atoms. The maximum atomic E-state index is 5.85. The Kier molecular flexibility index (Phi) is 3.77. The van der Waals surface area contributed by atoms with E-state index >= 15 is 0 Å². The molecule has 0 aliphatic carbocycles. The molecule has 3 heterocycles. The highest BCUT2D eigenvalue weighted by molar-refractivity contribution is 6.30. The van der Waals surface area contributed by atoms with E-state index in [1.807, 2.05) is 18.2 Å². The highest BCUT2D eigenvalue weighted by Crippen LogP contribution is 2.24. The molecule has 0 bridgehead atoms. The number of nitrogens with zero attached hydrogens (tertiary/aromatic N) is 3. The van der Waals surface area contributed by atoms with Crippen molar-refractivity contribution in [1.29, 1.82) is 0 Å². The number of morpholine rings is 1. The Labute approximate surface area is 116 Å². The monoisotopic (exact) mass is 278 g/mol. The summed E-state index contributed by atoms with van der Waals surface area (Å²) in [5.74, 6) is 0. The van der Waals surface area contributed by atoms with Crippen molar-refractivity contribution >= 4 is 11.6 Å². The number of pyridine rings is 1. The van der Waals surface area contributed by atoms with Gasteiger partial charge in [-0.25, -0.2) is 0 Å². The minimum Gasteiger partial charge on any atom is -0.378 e. The Balaban J connectivity index is 1.75. The molecule has 1 aliphatic heterocycles. The fourth-order valence-electron chi connectivity index (χ4n) is 2.27. The van der Waals surface area contributed by atoms with Crippen molar-refractivity contribution < 1.29 is 4.74 Å². The predicted octanol–water partition coefficient (Wildman–Crippen LogP) is 2.03. The number of halogens is 1. The number of aromatic amines is 1. The highest BCUT2D eigenvalue weighted by atomic mass is 35.5. The summed E-state index contributed by atoms with van der Waals surface area (Å²) in [6.07, 6.45) is 3.45. The molecule has 2 aromatic heterocycles. The smallest absolute Gasteiger partial charge is 0.0756 e. The molecule has 0 unspecified atom stereocenters. The molecule has 1 atom stereocenters. The topological polar surface area (TPSA) is 54.0 Å². The van der Waals surface area contributed by atoms with Gasteiger partial charge in [0.15, 0.2) is 0 Å². The lowest BCUT2D eigenvalue weighted by Gasteiger charge is -2.34. The van der Waals surface area contributed by atoms with E-state index in [-0.39, 0.29) is 6.04 Å². The fraction of sp³-hybridized carbons (Fsp3) is 0.385. The van der Waals surface area contributed by atoms with Crippen molar-refractivity contribution in [1.82, 2.24) is 20.1 Å². The van der Waals surface area contributed by atoms with Gasteiger partial charge in [0.05, 0.1) is 35.7 Å². The Morgan fingerprint density at radius 2 is 2.37 bits per heavy atom. The van der Waals surface area contributed by atoms with Crippen LogP contribution in [0.25, 0.3) is 0 Å². The first kappa shape index (κ1) is 12.6. The maximum absolute atomic E-state index is 5.85. The average Bonchev–Trinajstić information content (AvgIpc) is 2.96. The molecule has 100 valence electrons. The van der Waals surface area contributed by atoms with Crippen LogP contribution in [0.5, 0.6) is 0 Å². The van der Waals surface area contributed by atoms with Gasteiger partial charge in [-0.15, -0.1) is 0 Å². The molecule has 1 aliphatic rings. The van der Waals surface area contributed by atoms with Crippen LogP contribution in [0.4, 0.5) is 0 Å². The Hall–Kier alpha value is -1.43. The van der Waals surface area contributed by atoms with Crippen LogP contribution in [0.15, 0.2) is 30.6 Å². The number of rotatable bonds is 3. The fourth-order valence-corrected chi connectivity index (χ4v) is 2.39. The third kappa shape index (κ3) is 2.94. The average molecular weight is 279 g/mol. The van der Waals surface area contributed by atoms with Gasteiger partial charge < -0.3 is 4.74 Å². The second-order valence-electron chi connectivity index (χ2n) is 4.54. The van der Waals surface area contributed by atoms with Crippen molar-refractivity contribution in [2.24, 2.45) is 0 Å². The van der Waals surface area contributed by atoms with E-state index in [0.717, 1.165) is 31.1 Å². The third-order valence-corrected chi connectivity index (χ3v) is 3.50. The van der Waals surface area contributed by atoms with Crippen LogP contribution in [0.2, 0.25) is 5.02 Å². The van der Waals surface area contributed by atoms with Gasteiger partial charge in [0.1, 0.15) is 0 Å². The van der Waals surface area contributed by atoms with Gasteiger partial charge in [-0.2, -0.15) is 5.10 Å². The van der Waals surface area contributed by atoms with E-state index in [4.69, 9.17) is 16.3 Å². The number of hydrogen-bond acceptors (Lipinski definition) is 4. The summed E-state index contributed by atoms with van der Waals surface area (Å²) in [4.78, 5) is 6.69. The molecule has 0 saturated carbocycles. The van der Waals surface area contributed by atoms with Crippen molar-refractivity contribution in [3.63, 3.8) is 0 Å². The molecular formula is C13H15ClN4O. The molecule has 0 spiro atoms. The Bertz CT molecular complexity index is 514. The van der Waals surface area contributed by atoms with E-state index in [0.29, 0.717) is 11.6 Å². The summed E-state index contributed by atoms with van der Waals surface area (Å²) in [5, 5.41) is 7.69. The molecule has 0 aromatic carbocycles. The molecule has 5 nitrogen and oxygen atoms in total. The minimum atomic E-state index is 0.203. The van der Waals surface area contributed by atoms with Gasteiger partial charge in [0.25, 0.3) is 0 Å². The lowest BCUT2D eigenvalue weighted by atomic mass is 10.1. The summed E-state index contributed by atoms with van der Waals surface area (Å²) in [6, 6.07) is 6.02. The van der Waals surface area contributed by atoms with Crippen molar-refractivity contribution in [2.75, 3.05) is 19.8 Å². The largest absolute Gasteiger partial charge is 0.378 e. The zero-order valence-corrected chi connectivity index (χ0v) is 11.2. The number of H-pyrrole nitrogens is 1. The van der Waals surface area contributed by atoms with Gasteiger partial charge in [0, 0.05) is 25.5 Å². The summed E-state index contributed by atoms with van der Waals surface area (Å²) in [6.45, 7) is 3.09. The summed E-state index contributed by atoms with van der Waals surface area (Å²) < 4.78 is 5.56. The van der Waals surface area contributed by atoms with Gasteiger partial charge in [-0.3, -0.25) is 15.0 Å². The van der Waals surface area contributed by atoms with Crippen LogP contribution in [0.1, 0.15) is 17.4 Å². The van der Waals surface area contributed by atoms with Crippen LogP contribution >= 0.6 is 11.6 Å². The quantitative estimate of drug-likeness (QED) is 0.933. The first-order valence-corrected chi connectivity index (χ1v) is 6.62. The van der Waals surface area contributed by atoms with Gasteiger partial charge in [0.2, 0.25) is 0 Å². The maximum Gasteiger partial charge on any atom is 0.0756 e. The minimum absolute atomic E-state index is 0.203. The standard InChI is InChI=1S/C13H15ClN4O/c14-10-1-2-11(15-7-10)8-18-5-6-19-9-13(18)12-3-4-16-17-12/h1-4,7,13H,5-6,8-9H2,(H,16,17)/t13-/m0/s1. The van der Waals surface area contributed by atoms with E-state index < -0.39 is 0 Å². The van der Waals surface area contributed by atoms with Crippen molar-refractivity contribution in [3.8, 4) is 0 Å². The molecule has 6 heteroatoms. The van der Waals surface area contributed by atoms with Crippen molar-refractivity contribution in [2.45, 2.75) is 12.6 Å². The number of nitrogens with one attached hydrogen (secondary N) is 1. The van der Waals surface area contributed by atoms with E-state index in [1.54, 1.807) is 12.4 Å². The normalized spacial score (nSPS) is 20.6.